The Hall–Kier alpha value is -2.64. The molecule has 3 rings (SSSR count). The predicted molar refractivity (Wildman–Crippen MR) is 96.4 cm³/mol. The molecule has 1 saturated heterocycles. The van der Waals surface area contributed by atoms with Crippen LogP contribution in [0.1, 0.15) is 5.69 Å². The van der Waals surface area contributed by atoms with Gasteiger partial charge in [0.15, 0.2) is 10.8 Å². The third-order valence-corrected chi connectivity index (χ3v) is 5.95. The summed E-state index contributed by atoms with van der Waals surface area (Å²) in [5.41, 5.74) is 5.55. The van der Waals surface area contributed by atoms with Crippen molar-refractivity contribution in [3.8, 4) is 0 Å². The average molecular weight is 413 g/mol. The zero-order valence-electron chi connectivity index (χ0n) is 13.9. The summed E-state index contributed by atoms with van der Waals surface area (Å²) >= 11 is 2.37. The number of hydrogen-bond acceptors (Lipinski definition) is 10. The number of nitrogen functional groups attached to an aromatic ring is 1. The first-order valence-electron chi connectivity index (χ1n) is 7.52. The second-order valence-electron chi connectivity index (χ2n) is 5.57. The number of methoxy groups -OCH3 is 1. The molecule has 0 spiro atoms. The van der Waals surface area contributed by atoms with Crippen molar-refractivity contribution in [3.63, 3.8) is 0 Å². The van der Waals surface area contributed by atoms with Crippen molar-refractivity contribution in [1.29, 1.82) is 0 Å². The molecule has 144 valence electrons. The van der Waals surface area contributed by atoms with Gasteiger partial charge in [0.2, 0.25) is 0 Å². The number of β-lactam (4-membered cyclic amide) rings is 1. The van der Waals surface area contributed by atoms with Gasteiger partial charge in [-0.25, -0.2) is 9.78 Å². The molecule has 1 aromatic heterocycles. The Morgan fingerprint density at radius 3 is 2.85 bits per heavy atom. The summed E-state index contributed by atoms with van der Waals surface area (Å²) in [5, 5.41) is 25.0. The molecule has 13 heteroatoms. The van der Waals surface area contributed by atoms with E-state index >= 15 is 0 Å². The Bertz CT molecular complexity index is 866. The fourth-order valence-electron chi connectivity index (χ4n) is 2.79. The molecule has 0 bridgehead atoms. The second-order valence-corrected chi connectivity index (χ2v) is 7.57. The van der Waals surface area contributed by atoms with Crippen LogP contribution in [0.25, 0.3) is 0 Å². The molecular weight excluding hydrogens is 398 g/mol. The van der Waals surface area contributed by atoms with Gasteiger partial charge in [-0.3, -0.25) is 14.5 Å². The predicted octanol–water partition coefficient (Wildman–Crippen LogP) is -0.711. The number of rotatable bonds is 6. The van der Waals surface area contributed by atoms with Crippen LogP contribution in [0.2, 0.25) is 0 Å². The summed E-state index contributed by atoms with van der Waals surface area (Å²) in [6.07, 6.45) is 0. The molecule has 3 heterocycles. The minimum absolute atomic E-state index is 0.0749. The number of amides is 2. The number of ether oxygens (including phenoxy) is 1. The molecule has 2 aliphatic rings. The van der Waals surface area contributed by atoms with E-state index in [0.717, 1.165) is 16.2 Å². The van der Waals surface area contributed by atoms with E-state index in [1.165, 1.54) is 24.3 Å². The smallest absolute Gasteiger partial charge is 0.352 e. The molecule has 0 radical (unpaired) electrons. The molecule has 2 aliphatic heterocycles. The van der Waals surface area contributed by atoms with E-state index in [2.05, 4.69) is 15.5 Å². The van der Waals surface area contributed by atoms with E-state index in [4.69, 9.17) is 15.7 Å². The van der Waals surface area contributed by atoms with Crippen LogP contribution >= 0.6 is 23.1 Å². The number of nitrogens with two attached hydrogens (primary N) is 1. The van der Waals surface area contributed by atoms with E-state index in [1.54, 1.807) is 0 Å². The number of thiazole rings is 1. The average Bonchev–Trinajstić information content (AvgIpc) is 3.05. The number of carbonyl (C=O) groups excluding carboxylic acids is 2. The molecule has 11 nitrogen and oxygen atoms in total. The fourth-order valence-corrected chi connectivity index (χ4v) is 4.66. The van der Waals surface area contributed by atoms with Crippen molar-refractivity contribution >= 4 is 51.7 Å². The number of aromatic nitrogens is 1. The largest absolute Gasteiger partial charge is 0.477 e. The maximum Gasteiger partial charge on any atom is 0.352 e. The van der Waals surface area contributed by atoms with Gasteiger partial charge < -0.3 is 26.1 Å². The van der Waals surface area contributed by atoms with Gasteiger partial charge in [0.05, 0.1) is 6.61 Å². The fraction of sp³-hybridized carbons (Fsp3) is 0.357. The number of carboxylic acids is 1. The van der Waals surface area contributed by atoms with Crippen molar-refractivity contribution in [3.05, 3.63) is 22.3 Å². The molecule has 2 atom stereocenters. The van der Waals surface area contributed by atoms with Gasteiger partial charge >= 0.3 is 5.97 Å². The van der Waals surface area contributed by atoms with Crippen LogP contribution in [-0.2, 0) is 19.1 Å². The lowest BCUT2D eigenvalue weighted by molar-refractivity contribution is -0.150. The molecule has 27 heavy (non-hydrogen) atoms. The number of nitrogens with one attached hydrogen (secondary N) is 1. The first kappa shape index (κ1) is 19.1. The van der Waals surface area contributed by atoms with Crippen molar-refractivity contribution < 1.29 is 29.4 Å². The maximum atomic E-state index is 12.5. The lowest BCUT2D eigenvalue weighted by atomic mass is 10.0. The molecular formula is C14H15N5O6S2. The summed E-state index contributed by atoms with van der Waals surface area (Å²) in [6.45, 7) is 0.0920. The van der Waals surface area contributed by atoms with Crippen LogP contribution in [0.15, 0.2) is 21.8 Å². The highest BCUT2D eigenvalue weighted by Gasteiger charge is 2.54. The summed E-state index contributed by atoms with van der Waals surface area (Å²) in [7, 11) is 1.44. The third-order valence-electron chi connectivity index (χ3n) is 3.93. The molecule has 2 amide bonds. The highest BCUT2D eigenvalue weighted by Crippen LogP contribution is 2.40. The first-order valence-corrected chi connectivity index (χ1v) is 9.45. The van der Waals surface area contributed by atoms with Crippen molar-refractivity contribution in [2.24, 2.45) is 5.16 Å². The number of anilines is 1. The Morgan fingerprint density at radius 2 is 2.30 bits per heavy atom. The number of nitrogens with zero attached hydrogens (tertiary/aromatic N) is 3. The Labute approximate surface area is 160 Å². The van der Waals surface area contributed by atoms with Crippen LogP contribution in [0, 0.1) is 0 Å². The Morgan fingerprint density at radius 1 is 1.56 bits per heavy atom. The van der Waals surface area contributed by atoms with E-state index < -0.39 is 29.2 Å². The maximum absolute atomic E-state index is 12.5. The normalized spacial score (nSPS) is 22.3. The van der Waals surface area contributed by atoms with Crippen LogP contribution < -0.4 is 11.1 Å². The number of aliphatic carboxylic acids is 1. The van der Waals surface area contributed by atoms with Crippen LogP contribution in [0.3, 0.4) is 0 Å². The number of hydrogen-bond donors (Lipinski definition) is 4. The van der Waals surface area contributed by atoms with Gasteiger partial charge in [-0.1, -0.05) is 5.16 Å². The summed E-state index contributed by atoms with van der Waals surface area (Å²) in [5.74, 6) is -2.27. The number of oxime groups is 1. The molecule has 0 aromatic carbocycles. The van der Waals surface area contributed by atoms with Gasteiger partial charge in [0, 0.05) is 18.2 Å². The van der Waals surface area contributed by atoms with Crippen molar-refractivity contribution in [2.45, 2.75) is 11.4 Å². The van der Waals surface area contributed by atoms with Gasteiger partial charge in [-0.05, 0) is 5.57 Å². The zero-order chi connectivity index (χ0) is 19.7. The summed E-state index contributed by atoms with van der Waals surface area (Å²) in [6, 6.07) is -0.950. The van der Waals surface area contributed by atoms with E-state index in [0.29, 0.717) is 11.3 Å². The minimum Gasteiger partial charge on any atom is -0.477 e. The molecule has 1 unspecified atom stereocenters. The van der Waals surface area contributed by atoms with Crippen LogP contribution in [0.4, 0.5) is 5.13 Å². The molecule has 1 fully saturated rings. The minimum atomic E-state index is -1.24. The van der Waals surface area contributed by atoms with Gasteiger partial charge in [0.1, 0.15) is 22.8 Å². The van der Waals surface area contributed by atoms with Gasteiger partial charge in [-0.2, -0.15) is 0 Å². The molecule has 0 saturated carbocycles. The third kappa shape index (κ3) is 3.36. The monoisotopic (exact) mass is 413 g/mol. The molecule has 0 aliphatic carbocycles. The molecule has 5 N–H and O–H groups in total. The first-order chi connectivity index (χ1) is 12.9. The molecule has 1 aromatic rings. The van der Waals surface area contributed by atoms with Crippen LogP contribution in [0.5, 0.6) is 0 Å². The van der Waals surface area contributed by atoms with Crippen molar-refractivity contribution in [1.82, 2.24) is 15.2 Å². The zero-order valence-corrected chi connectivity index (χ0v) is 15.5. The topological polar surface area (TPSA) is 167 Å². The van der Waals surface area contributed by atoms with E-state index in [9.17, 15) is 19.5 Å². The standard InChI is InChI=1S/C14H15N5O6S2/c1-25-2-5-3-26-12-8(11(21)19(12)9(5)13(22)23)17-10(20)7(18-24)6-4-27-14(15)16-6/h4,8,12,24H,2-3H2,1H3,(H2,15,16)(H,17,20)(H,22,23)/t8?,12-/m1/s1. The van der Waals surface area contributed by atoms with Crippen LogP contribution in [-0.4, -0.2) is 74.6 Å². The van der Waals surface area contributed by atoms with Gasteiger partial charge in [-0.15, -0.1) is 23.1 Å². The highest BCUT2D eigenvalue weighted by molar-refractivity contribution is 8.00. The lowest BCUT2D eigenvalue weighted by Gasteiger charge is -2.49. The van der Waals surface area contributed by atoms with Gasteiger partial charge in [0.25, 0.3) is 11.8 Å². The number of carbonyl (C=O) groups is 3. The number of carboxylic acid groups (broad SMARTS) is 1. The second kappa shape index (κ2) is 7.54. The number of fused-ring (bicyclic) bond motifs is 1. The lowest BCUT2D eigenvalue weighted by Crippen LogP contribution is -2.71. The highest BCUT2D eigenvalue weighted by atomic mass is 32.2. The SMILES string of the molecule is COCC1=C(C(=O)O)N2C(=O)C(NC(=O)C(=NO)c3csc(N)n3)[C@H]2SC1. The quantitative estimate of drug-likeness (QED) is 0.204. The Balaban J connectivity index is 1.77. The van der Waals surface area contributed by atoms with E-state index in [-0.39, 0.29) is 28.8 Å². The summed E-state index contributed by atoms with van der Waals surface area (Å²) in [4.78, 5) is 41.4. The van der Waals surface area contributed by atoms with Crippen molar-refractivity contribution in [2.75, 3.05) is 25.2 Å². The summed E-state index contributed by atoms with van der Waals surface area (Å²) < 4.78 is 4.99. The number of thioether (sulfide) groups is 1. The Kier molecular flexibility index (Phi) is 5.34. The van der Waals surface area contributed by atoms with E-state index in [1.807, 2.05) is 0 Å².